The lowest BCUT2D eigenvalue weighted by molar-refractivity contribution is -0.385. The monoisotopic (exact) mass is 290 g/mol. The standard InChI is InChI=1S/C11H15FN2O4S/c1-8(4-5-13)19(17,18)7-9-6-10(12)2-3-11(9)14(15)16/h2-3,6,8H,4-5,7,13H2,1H3. The zero-order valence-electron chi connectivity index (χ0n) is 10.4. The van der Waals surface area contributed by atoms with E-state index in [4.69, 9.17) is 5.73 Å². The lowest BCUT2D eigenvalue weighted by Crippen LogP contribution is -2.23. The molecule has 1 atom stereocenters. The van der Waals surface area contributed by atoms with Crippen molar-refractivity contribution in [3.8, 4) is 0 Å². The molecule has 0 saturated carbocycles. The summed E-state index contributed by atoms with van der Waals surface area (Å²) >= 11 is 0. The largest absolute Gasteiger partial charge is 0.330 e. The minimum atomic E-state index is -3.60. The average Bonchev–Trinajstić information content (AvgIpc) is 2.28. The second-order valence-corrected chi connectivity index (χ2v) is 6.64. The topological polar surface area (TPSA) is 103 Å². The van der Waals surface area contributed by atoms with Gasteiger partial charge in [0.1, 0.15) is 5.82 Å². The molecule has 8 heteroatoms. The van der Waals surface area contributed by atoms with Crippen LogP contribution >= 0.6 is 0 Å². The molecule has 0 aliphatic heterocycles. The van der Waals surface area contributed by atoms with Gasteiger partial charge in [0.05, 0.1) is 15.9 Å². The maximum atomic E-state index is 13.1. The fourth-order valence-electron chi connectivity index (χ4n) is 1.62. The Labute approximate surface area is 110 Å². The molecule has 0 radical (unpaired) electrons. The van der Waals surface area contributed by atoms with Gasteiger partial charge in [0.2, 0.25) is 0 Å². The van der Waals surface area contributed by atoms with Crippen LogP contribution in [0.5, 0.6) is 0 Å². The van der Waals surface area contributed by atoms with E-state index in [1.807, 2.05) is 0 Å². The molecule has 0 fully saturated rings. The van der Waals surface area contributed by atoms with Crippen molar-refractivity contribution in [3.63, 3.8) is 0 Å². The summed E-state index contributed by atoms with van der Waals surface area (Å²) in [6.45, 7) is 1.68. The summed E-state index contributed by atoms with van der Waals surface area (Å²) in [6.07, 6.45) is 0.255. The first-order chi connectivity index (χ1) is 8.77. The van der Waals surface area contributed by atoms with Gasteiger partial charge >= 0.3 is 0 Å². The minimum Gasteiger partial charge on any atom is -0.330 e. The third-order valence-corrected chi connectivity index (χ3v) is 4.96. The highest BCUT2D eigenvalue weighted by Crippen LogP contribution is 2.23. The van der Waals surface area contributed by atoms with Gasteiger partial charge in [0, 0.05) is 11.6 Å². The van der Waals surface area contributed by atoms with E-state index >= 15 is 0 Å². The average molecular weight is 290 g/mol. The van der Waals surface area contributed by atoms with Gasteiger partial charge < -0.3 is 5.73 Å². The SMILES string of the molecule is CC(CCN)S(=O)(=O)Cc1cc(F)ccc1[N+](=O)[O-]. The first-order valence-electron chi connectivity index (χ1n) is 5.62. The lowest BCUT2D eigenvalue weighted by atomic mass is 10.2. The Bertz CT molecular complexity index is 574. The third-order valence-electron chi connectivity index (χ3n) is 2.78. The molecule has 19 heavy (non-hydrogen) atoms. The predicted molar refractivity (Wildman–Crippen MR) is 68.8 cm³/mol. The third kappa shape index (κ3) is 3.97. The minimum absolute atomic E-state index is 0.145. The van der Waals surface area contributed by atoms with Crippen LogP contribution in [0.2, 0.25) is 0 Å². The molecule has 0 aliphatic rings. The van der Waals surface area contributed by atoms with Gasteiger partial charge in [-0.05, 0) is 32.0 Å². The van der Waals surface area contributed by atoms with Crippen molar-refractivity contribution in [2.24, 2.45) is 5.73 Å². The normalized spacial score (nSPS) is 13.2. The first-order valence-corrected chi connectivity index (χ1v) is 7.34. The van der Waals surface area contributed by atoms with Crippen LogP contribution in [0.1, 0.15) is 18.9 Å². The molecule has 1 aromatic rings. The van der Waals surface area contributed by atoms with Crippen molar-refractivity contribution in [3.05, 3.63) is 39.7 Å². The molecule has 0 aromatic heterocycles. The fraction of sp³-hybridized carbons (Fsp3) is 0.455. The van der Waals surface area contributed by atoms with E-state index in [9.17, 15) is 22.9 Å². The van der Waals surface area contributed by atoms with Crippen molar-refractivity contribution in [1.29, 1.82) is 0 Å². The number of benzene rings is 1. The smallest absolute Gasteiger partial charge is 0.273 e. The molecule has 1 rings (SSSR count). The zero-order chi connectivity index (χ0) is 14.6. The molecule has 1 unspecified atom stereocenters. The molecule has 6 nitrogen and oxygen atoms in total. The Kier molecular flexibility index (Phi) is 4.96. The summed E-state index contributed by atoms with van der Waals surface area (Å²) in [6, 6.07) is 2.77. The number of sulfone groups is 1. The summed E-state index contributed by atoms with van der Waals surface area (Å²) in [7, 11) is -3.60. The Balaban J connectivity index is 3.11. The summed E-state index contributed by atoms with van der Waals surface area (Å²) in [4.78, 5) is 10.1. The van der Waals surface area contributed by atoms with Crippen LogP contribution in [0.3, 0.4) is 0 Å². The van der Waals surface area contributed by atoms with Crippen molar-refractivity contribution in [2.75, 3.05) is 6.54 Å². The quantitative estimate of drug-likeness (QED) is 0.629. The summed E-state index contributed by atoms with van der Waals surface area (Å²) in [5, 5.41) is 10.1. The molecular weight excluding hydrogens is 275 g/mol. The van der Waals surface area contributed by atoms with Crippen LogP contribution in [-0.2, 0) is 15.6 Å². The van der Waals surface area contributed by atoms with Crippen LogP contribution in [0, 0.1) is 15.9 Å². The summed E-state index contributed by atoms with van der Waals surface area (Å²) < 4.78 is 37.0. The second-order valence-electron chi connectivity index (χ2n) is 4.23. The van der Waals surface area contributed by atoms with E-state index in [1.54, 1.807) is 0 Å². The number of halogens is 1. The van der Waals surface area contributed by atoms with Gasteiger partial charge in [-0.2, -0.15) is 0 Å². The number of nitrogens with zero attached hydrogens (tertiary/aromatic N) is 1. The van der Waals surface area contributed by atoms with E-state index in [-0.39, 0.29) is 18.5 Å². The first kappa shape index (κ1) is 15.5. The number of rotatable bonds is 6. The van der Waals surface area contributed by atoms with Crippen LogP contribution in [-0.4, -0.2) is 25.1 Å². The maximum absolute atomic E-state index is 13.1. The van der Waals surface area contributed by atoms with Crippen molar-refractivity contribution in [1.82, 2.24) is 0 Å². The molecule has 0 saturated heterocycles. The highest BCUT2D eigenvalue weighted by atomic mass is 32.2. The number of hydrogen-bond acceptors (Lipinski definition) is 5. The van der Waals surface area contributed by atoms with Crippen LogP contribution in [0.4, 0.5) is 10.1 Å². The Morgan fingerprint density at radius 2 is 2.11 bits per heavy atom. The molecule has 0 bridgehead atoms. The van der Waals surface area contributed by atoms with Crippen molar-refractivity contribution < 1.29 is 17.7 Å². The molecule has 0 aliphatic carbocycles. The fourth-order valence-corrected chi connectivity index (χ4v) is 3.07. The molecular formula is C11H15FN2O4S. The molecule has 2 N–H and O–H groups in total. The predicted octanol–water partition coefficient (Wildman–Crippen LogP) is 1.39. The van der Waals surface area contributed by atoms with Crippen LogP contribution < -0.4 is 5.73 Å². The molecule has 0 amide bonds. The van der Waals surface area contributed by atoms with Gasteiger partial charge in [0.15, 0.2) is 9.84 Å². The highest BCUT2D eigenvalue weighted by Gasteiger charge is 2.25. The molecule has 0 heterocycles. The lowest BCUT2D eigenvalue weighted by Gasteiger charge is -2.11. The van der Waals surface area contributed by atoms with E-state index in [1.165, 1.54) is 6.92 Å². The van der Waals surface area contributed by atoms with E-state index < -0.39 is 37.3 Å². The highest BCUT2D eigenvalue weighted by molar-refractivity contribution is 7.91. The van der Waals surface area contributed by atoms with Gasteiger partial charge in [-0.1, -0.05) is 0 Å². The van der Waals surface area contributed by atoms with Gasteiger partial charge in [-0.25, -0.2) is 12.8 Å². The van der Waals surface area contributed by atoms with Crippen molar-refractivity contribution in [2.45, 2.75) is 24.3 Å². The molecule has 106 valence electrons. The summed E-state index contributed by atoms with van der Waals surface area (Å²) in [5.74, 6) is -1.27. The van der Waals surface area contributed by atoms with Gasteiger partial charge in [0.25, 0.3) is 5.69 Å². The van der Waals surface area contributed by atoms with Crippen LogP contribution in [0.15, 0.2) is 18.2 Å². The van der Waals surface area contributed by atoms with Gasteiger partial charge in [-0.15, -0.1) is 0 Å². The van der Waals surface area contributed by atoms with Crippen molar-refractivity contribution >= 4 is 15.5 Å². The van der Waals surface area contributed by atoms with E-state index in [2.05, 4.69) is 0 Å². The Hall–Kier alpha value is -1.54. The van der Waals surface area contributed by atoms with Gasteiger partial charge in [-0.3, -0.25) is 10.1 Å². The molecule has 0 spiro atoms. The number of nitro benzene ring substituents is 1. The maximum Gasteiger partial charge on any atom is 0.273 e. The number of nitrogens with two attached hydrogens (primary N) is 1. The summed E-state index contributed by atoms with van der Waals surface area (Å²) in [5.41, 5.74) is 4.75. The number of hydrogen-bond donors (Lipinski definition) is 1. The Morgan fingerprint density at radius 3 is 2.63 bits per heavy atom. The Morgan fingerprint density at radius 1 is 1.47 bits per heavy atom. The van der Waals surface area contributed by atoms with E-state index in [0.29, 0.717) is 0 Å². The molecule has 1 aromatic carbocycles. The number of nitro groups is 1. The zero-order valence-corrected chi connectivity index (χ0v) is 11.2. The van der Waals surface area contributed by atoms with Crippen LogP contribution in [0.25, 0.3) is 0 Å². The van der Waals surface area contributed by atoms with E-state index in [0.717, 1.165) is 18.2 Å². The second kappa shape index (κ2) is 6.07.